The van der Waals surface area contributed by atoms with Crippen LogP contribution in [-0.2, 0) is 28.5 Å². The molecule has 0 radical (unpaired) electrons. The summed E-state index contributed by atoms with van der Waals surface area (Å²) < 4.78 is 44.2. The first-order chi connectivity index (χ1) is 10.9. The molecule has 0 amide bonds. The summed E-state index contributed by atoms with van der Waals surface area (Å²) >= 11 is 0. The van der Waals surface area contributed by atoms with Crippen LogP contribution in [0.15, 0.2) is 29.2 Å². The van der Waals surface area contributed by atoms with Crippen LogP contribution in [0, 0.1) is 6.92 Å². The minimum atomic E-state index is -3.89. The molecule has 1 unspecified atom stereocenters. The molecule has 1 atom stereocenters. The molecule has 0 fully saturated rings. The van der Waals surface area contributed by atoms with Gasteiger partial charge in [-0.15, -0.1) is 0 Å². The molecule has 0 heterocycles. The normalized spacial score (nSPS) is 12.4. The molecular formula is C14H20BNO6S. The van der Waals surface area contributed by atoms with Gasteiger partial charge >= 0.3 is 136 Å². The van der Waals surface area contributed by atoms with Gasteiger partial charge in [-0.3, -0.25) is 0 Å². The van der Waals surface area contributed by atoms with Crippen molar-refractivity contribution in [1.29, 1.82) is 0 Å². The zero-order valence-electron chi connectivity index (χ0n) is 13.2. The average molecular weight is 341 g/mol. The number of nitrogens with one attached hydrogen (secondary N) is 1. The van der Waals surface area contributed by atoms with Crippen molar-refractivity contribution in [1.82, 2.24) is 5.32 Å². The van der Waals surface area contributed by atoms with Gasteiger partial charge in [0.15, 0.2) is 0 Å². The Morgan fingerprint density at radius 2 is 1.96 bits per heavy atom. The van der Waals surface area contributed by atoms with Crippen molar-refractivity contribution >= 4 is 23.2 Å². The van der Waals surface area contributed by atoms with Crippen LogP contribution in [0.25, 0.3) is 0 Å². The minimum absolute atomic E-state index is 0.0414. The SMILES string of the molecule is COC(=O)CCC(COS(=O)(=O)c1ccc(C)cc1)NCB=O. The third-order valence-electron chi connectivity index (χ3n) is 3.15. The Bertz CT molecular complexity index is 617. The van der Waals surface area contributed by atoms with Gasteiger partial charge in [0, 0.05) is 0 Å². The predicted octanol–water partition coefficient (Wildman–Crippen LogP) is 0.619. The summed E-state index contributed by atoms with van der Waals surface area (Å²) in [6.07, 6.45) is 0.435. The number of ether oxygens (including phenoxy) is 1. The van der Waals surface area contributed by atoms with Crippen molar-refractivity contribution in [2.24, 2.45) is 0 Å². The topological polar surface area (TPSA) is 98.8 Å². The Labute approximate surface area is 136 Å². The fourth-order valence-corrected chi connectivity index (χ4v) is 2.75. The van der Waals surface area contributed by atoms with Crippen molar-refractivity contribution in [2.45, 2.75) is 30.7 Å². The molecule has 1 aromatic carbocycles. The Morgan fingerprint density at radius 3 is 2.52 bits per heavy atom. The number of carbonyl (C=O) groups excluding carboxylic acids is 1. The summed E-state index contributed by atoms with van der Waals surface area (Å²) in [5.41, 5.74) is 0.938. The van der Waals surface area contributed by atoms with E-state index in [1.54, 1.807) is 12.1 Å². The average Bonchev–Trinajstić information content (AvgIpc) is 2.54. The molecule has 0 aliphatic rings. The number of rotatable bonds is 10. The number of benzene rings is 1. The molecule has 0 spiro atoms. The van der Waals surface area contributed by atoms with Crippen LogP contribution >= 0.6 is 0 Å². The molecule has 0 saturated carbocycles. The van der Waals surface area contributed by atoms with E-state index in [0.29, 0.717) is 13.6 Å². The Morgan fingerprint density at radius 1 is 1.30 bits per heavy atom. The van der Waals surface area contributed by atoms with E-state index in [0.717, 1.165) is 5.56 Å². The van der Waals surface area contributed by atoms with E-state index >= 15 is 0 Å². The number of hydrogen-bond donors (Lipinski definition) is 1. The van der Waals surface area contributed by atoms with Gasteiger partial charge in [0.25, 0.3) is 0 Å². The number of aryl methyl sites for hydroxylation is 1. The van der Waals surface area contributed by atoms with E-state index in [1.807, 2.05) is 6.92 Å². The van der Waals surface area contributed by atoms with Gasteiger partial charge in [0.1, 0.15) is 0 Å². The van der Waals surface area contributed by atoms with Gasteiger partial charge in [-0.05, 0) is 0 Å². The molecule has 9 heteroatoms. The predicted molar refractivity (Wildman–Crippen MR) is 83.8 cm³/mol. The first kappa shape index (κ1) is 19.5. The van der Waals surface area contributed by atoms with Crippen LogP contribution in [-0.4, -0.2) is 47.7 Å². The zero-order valence-corrected chi connectivity index (χ0v) is 14.0. The van der Waals surface area contributed by atoms with Crippen molar-refractivity contribution in [3.05, 3.63) is 29.8 Å². The van der Waals surface area contributed by atoms with E-state index in [1.165, 1.54) is 19.2 Å². The number of hydrogen-bond acceptors (Lipinski definition) is 7. The van der Waals surface area contributed by atoms with Crippen LogP contribution in [0.1, 0.15) is 18.4 Å². The first-order valence-electron chi connectivity index (χ1n) is 7.09. The maximum atomic E-state index is 12.1. The maximum absolute atomic E-state index is 12.1. The van der Waals surface area contributed by atoms with Gasteiger partial charge in [0.05, 0.1) is 0 Å². The quantitative estimate of drug-likeness (QED) is 0.378. The van der Waals surface area contributed by atoms with Crippen LogP contribution in [0.4, 0.5) is 0 Å². The molecule has 0 bridgehead atoms. The van der Waals surface area contributed by atoms with Crippen LogP contribution < -0.4 is 5.32 Å². The number of carbonyl (C=O) groups is 1. The van der Waals surface area contributed by atoms with Gasteiger partial charge in [-0.25, -0.2) is 0 Å². The fourth-order valence-electron chi connectivity index (χ4n) is 1.80. The summed E-state index contributed by atoms with van der Waals surface area (Å²) in [6, 6.07) is 5.82. The van der Waals surface area contributed by atoms with E-state index in [9.17, 15) is 17.9 Å². The fraction of sp³-hybridized carbons (Fsp3) is 0.500. The second-order valence-electron chi connectivity index (χ2n) is 4.94. The second kappa shape index (κ2) is 9.54. The van der Waals surface area contributed by atoms with E-state index in [2.05, 4.69) is 10.1 Å². The summed E-state index contributed by atoms with van der Waals surface area (Å²) in [4.78, 5) is 11.2. The van der Waals surface area contributed by atoms with Crippen LogP contribution in [0.3, 0.4) is 0 Å². The third-order valence-corrected chi connectivity index (χ3v) is 4.44. The van der Waals surface area contributed by atoms with E-state index in [4.69, 9.17) is 4.18 Å². The molecule has 1 aromatic rings. The molecule has 7 nitrogen and oxygen atoms in total. The number of methoxy groups -OCH3 is 1. The molecule has 23 heavy (non-hydrogen) atoms. The van der Waals surface area contributed by atoms with Gasteiger partial charge in [-0.1, -0.05) is 0 Å². The summed E-state index contributed by atoms with van der Waals surface area (Å²) in [6.45, 7) is 1.67. The van der Waals surface area contributed by atoms with Crippen LogP contribution in [0.2, 0.25) is 0 Å². The molecular weight excluding hydrogens is 321 g/mol. The van der Waals surface area contributed by atoms with E-state index < -0.39 is 22.1 Å². The van der Waals surface area contributed by atoms with E-state index in [-0.39, 0.29) is 24.4 Å². The summed E-state index contributed by atoms with van der Waals surface area (Å²) in [7, 11) is -1.96. The second-order valence-corrected chi connectivity index (χ2v) is 6.55. The third kappa shape index (κ3) is 7.02. The molecule has 1 rings (SSSR count). The first-order valence-corrected chi connectivity index (χ1v) is 8.50. The monoisotopic (exact) mass is 341 g/mol. The van der Waals surface area contributed by atoms with Crippen LogP contribution in [0.5, 0.6) is 0 Å². The van der Waals surface area contributed by atoms with Crippen molar-refractivity contribution in [3.63, 3.8) is 0 Å². The summed E-state index contributed by atoms with van der Waals surface area (Å²) in [5, 5.41) is 2.82. The molecule has 0 saturated heterocycles. The van der Waals surface area contributed by atoms with Crippen molar-refractivity contribution < 1.29 is 26.8 Å². The molecule has 0 aliphatic heterocycles. The standard InChI is InChI=1S/C14H20BNO6S/c1-11-3-6-13(7-4-11)23(19,20)22-9-12(16-10-15-18)5-8-14(17)21-2/h3-4,6-7,12,16H,5,8-10H2,1-2H3. The zero-order chi connectivity index (χ0) is 17.3. The Balaban J connectivity index is 2.65. The molecule has 126 valence electrons. The Hall–Kier alpha value is -1.58. The van der Waals surface area contributed by atoms with Crippen molar-refractivity contribution in [3.8, 4) is 0 Å². The Kier molecular flexibility index (Phi) is 8.08. The van der Waals surface area contributed by atoms with Gasteiger partial charge in [-0.2, -0.15) is 0 Å². The molecule has 1 N–H and O–H groups in total. The van der Waals surface area contributed by atoms with Gasteiger partial charge in [0.2, 0.25) is 0 Å². The molecule has 0 aromatic heterocycles. The molecule has 0 aliphatic carbocycles. The van der Waals surface area contributed by atoms with Gasteiger partial charge < -0.3 is 0 Å². The number of esters is 1. The van der Waals surface area contributed by atoms with Crippen molar-refractivity contribution in [2.75, 3.05) is 20.2 Å². The summed E-state index contributed by atoms with van der Waals surface area (Å²) in [5.74, 6) is -0.413.